The van der Waals surface area contributed by atoms with E-state index in [1.807, 2.05) is 31.2 Å². The van der Waals surface area contributed by atoms with Crippen LogP contribution in [0.2, 0.25) is 0 Å². The van der Waals surface area contributed by atoms with Crippen molar-refractivity contribution in [3.63, 3.8) is 0 Å². The van der Waals surface area contributed by atoms with Gasteiger partial charge >= 0.3 is 5.97 Å². The Bertz CT molecular complexity index is 633. The summed E-state index contributed by atoms with van der Waals surface area (Å²) in [5.41, 5.74) is 1.86. The average molecular weight is 288 g/mol. The van der Waals surface area contributed by atoms with E-state index in [-0.39, 0.29) is 12.3 Å². The van der Waals surface area contributed by atoms with E-state index in [1.165, 1.54) is 0 Å². The molecule has 1 amide bonds. The number of hydrogen-bond acceptors (Lipinski definition) is 2. The second-order valence-electron chi connectivity index (χ2n) is 5.13. The summed E-state index contributed by atoms with van der Waals surface area (Å²) < 4.78 is 0. The molecule has 0 aliphatic heterocycles. The Morgan fingerprint density at radius 1 is 1.33 bits per heavy atom. The first kappa shape index (κ1) is 15.1. The first-order chi connectivity index (χ1) is 10.1. The summed E-state index contributed by atoms with van der Waals surface area (Å²) >= 11 is 0. The number of carboxylic acids is 1. The molecular formula is C16H20N2O3. The molecule has 0 unspecified atom stereocenters. The van der Waals surface area contributed by atoms with Gasteiger partial charge in [-0.15, -0.1) is 0 Å². The van der Waals surface area contributed by atoms with Crippen LogP contribution in [-0.4, -0.2) is 28.0 Å². The lowest BCUT2D eigenvalue weighted by molar-refractivity contribution is -0.141. The Morgan fingerprint density at radius 2 is 2.10 bits per heavy atom. The minimum absolute atomic E-state index is 0.205. The van der Waals surface area contributed by atoms with Crippen LogP contribution in [0.5, 0.6) is 0 Å². The number of amides is 1. The molecule has 0 aliphatic rings. The molecule has 2 aromatic rings. The molecule has 0 fully saturated rings. The first-order valence-electron chi connectivity index (χ1n) is 7.19. The molecule has 1 atom stereocenters. The van der Waals surface area contributed by atoms with Gasteiger partial charge < -0.3 is 15.4 Å². The molecule has 1 aromatic heterocycles. The highest BCUT2D eigenvalue weighted by molar-refractivity contribution is 5.86. The number of nitrogens with one attached hydrogen (secondary N) is 2. The summed E-state index contributed by atoms with van der Waals surface area (Å²) in [4.78, 5) is 26.2. The highest BCUT2D eigenvalue weighted by Crippen LogP contribution is 2.19. The summed E-state index contributed by atoms with van der Waals surface area (Å²) in [5.74, 6) is -1.21. The monoisotopic (exact) mass is 288 g/mol. The molecule has 2 rings (SSSR count). The third-order valence-electron chi connectivity index (χ3n) is 3.49. The number of para-hydroxylation sites is 1. The molecule has 0 saturated carbocycles. The number of aromatic amines is 1. The van der Waals surface area contributed by atoms with Gasteiger partial charge in [0.1, 0.15) is 6.04 Å². The third-order valence-corrected chi connectivity index (χ3v) is 3.49. The molecule has 112 valence electrons. The molecule has 5 nitrogen and oxygen atoms in total. The lowest BCUT2D eigenvalue weighted by Gasteiger charge is -2.14. The first-order valence-corrected chi connectivity index (χ1v) is 7.19. The number of fused-ring (bicyclic) bond motifs is 1. The van der Waals surface area contributed by atoms with Crippen molar-refractivity contribution in [3.05, 3.63) is 36.0 Å². The van der Waals surface area contributed by atoms with Crippen LogP contribution in [0, 0.1) is 0 Å². The van der Waals surface area contributed by atoms with Gasteiger partial charge in [-0.05, 0) is 18.1 Å². The number of carbonyl (C=O) groups is 2. The molecule has 1 aromatic carbocycles. The van der Waals surface area contributed by atoms with Gasteiger partial charge in [0.05, 0.1) is 0 Å². The van der Waals surface area contributed by atoms with Gasteiger partial charge in [-0.2, -0.15) is 0 Å². The zero-order valence-corrected chi connectivity index (χ0v) is 12.1. The fourth-order valence-corrected chi connectivity index (χ4v) is 2.32. The lowest BCUT2D eigenvalue weighted by Crippen LogP contribution is -2.42. The quantitative estimate of drug-likeness (QED) is 0.732. The summed E-state index contributed by atoms with van der Waals surface area (Å²) in [7, 11) is 0. The SMILES string of the molecule is CCCCC(=O)N[C@H](Cc1c[nH]c2ccccc12)C(=O)O. The van der Waals surface area contributed by atoms with Gasteiger partial charge in [0.15, 0.2) is 0 Å². The number of aromatic nitrogens is 1. The maximum Gasteiger partial charge on any atom is 0.326 e. The second kappa shape index (κ2) is 6.92. The van der Waals surface area contributed by atoms with E-state index in [2.05, 4.69) is 10.3 Å². The Morgan fingerprint density at radius 3 is 2.81 bits per heavy atom. The van der Waals surface area contributed by atoms with Gasteiger partial charge in [-0.1, -0.05) is 31.5 Å². The van der Waals surface area contributed by atoms with Crippen molar-refractivity contribution < 1.29 is 14.7 Å². The Labute approximate surface area is 123 Å². The normalized spacial score (nSPS) is 12.2. The molecule has 1 heterocycles. The number of H-pyrrole nitrogens is 1. The molecule has 0 radical (unpaired) electrons. The number of benzene rings is 1. The van der Waals surface area contributed by atoms with Crippen LogP contribution in [0.25, 0.3) is 10.9 Å². The Hall–Kier alpha value is -2.30. The van der Waals surface area contributed by atoms with Crippen LogP contribution in [0.4, 0.5) is 0 Å². The zero-order chi connectivity index (χ0) is 15.2. The van der Waals surface area contributed by atoms with Crippen molar-refractivity contribution in [3.8, 4) is 0 Å². The van der Waals surface area contributed by atoms with Crippen LogP contribution in [0.3, 0.4) is 0 Å². The average Bonchev–Trinajstić information content (AvgIpc) is 2.87. The summed E-state index contributed by atoms with van der Waals surface area (Å²) in [5, 5.41) is 12.9. The topological polar surface area (TPSA) is 82.2 Å². The maximum absolute atomic E-state index is 11.7. The summed E-state index contributed by atoms with van der Waals surface area (Å²) in [6.45, 7) is 1.99. The van der Waals surface area contributed by atoms with Crippen molar-refractivity contribution in [2.45, 2.75) is 38.6 Å². The summed E-state index contributed by atoms with van der Waals surface area (Å²) in [6.07, 6.45) is 4.13. The van der Waals surface area contributed by atoms with E-state index in [9.17, 15) is 14.7 Å². The van der Waals surface area contributed by atoms with E-state index in [4.69, 9.17) is 0 Å². The van der Waals surface area contributed by atoms with E-state index in [0.29, 0.717) is 6.42 Å². The largest absolute Gasteiger partial charge is 0.480 e. The van der Waals surface area contributed by atoms with Crippen molar-refractivity contribution in [1.82, 2.24) is 10.3 Å². The number of hydrogen-bond donors (Lipinski definition) is 3. The van der Waals surface area contributed by atoms with Crippen molar-refractivity contribution >= 4 is 22.8 Å². The molecule has 3 N–H and O–H groups in total. The molecule has 0 bridgehead atoms. The predicted octanol–water partition coefficient (Wildman–Crippen LogP) is 2.47. The number of unbranched alkanes of at least 4 members (excludes halogenated alkanes) is 1. The Kier molecular flexibility index (Phi) is 4.98. The fourth-order valence-electron chi connectivity index (χ4n) is 2.32. The van der Waals surface area contributed by atoms with Gasteiger partial charge in [-0.25, -0.2) is 4.79 Å². The van der Waals surface area contributed by atoms with E-state index in [1.54, 1.807) is 6.20 Å². The Balaban J connectivity index is 2.09. The van der Waals surface area contributed by atoms with Gasteiger partial charge in [0.25, 0.3) is 0 Å². The van der Waals surface area contributed by atoms with Crippen LogP contribution in [-0.2, 0) is 16.0 Å². The highest BCUT2D eigenvalue weighted by atomic mass is 16.4. The molecule has 5 heteroatoms. The third kappa shape index (κ3) is 3.84. The van der Waals surface area contributed by atoms with Crippen molar-refractivity contribution in [2.24, 2.45) is 0 Å². The number of carboxylic acid groups (broad SMARTS) is 1. The van der Waals surface area contributed by atoms with E-state index < -0.39 is 12.0 Å². The molecule has 21 heavy (non-hydrogen) atoms. The fraction of sp³-hybridized carbons (Fsp3) is 0.375. The number of aliphatic carboxylic acids is 1. The molecule has 0 saturated heterocycles. The number of rotatable bonds is 7. The van der Waals surface area contributed by atoms with Crippen molar-refractivity contribution in [2.75, 3.05) is 0 Å². The van der Waals surface area contributed by atoms with Gasteiger partial charge in [0.2, 0.25) is 5.91 Å². The number of carbonyl (C=O) groups excluding carboxylic acids is 1. The van der Waals surface area contributed by atoms with Crippen LogP contribution in [0.1, 0.15) is 31.7 Å². The van der Waals surface area contributed by atoms with Crippen LogP contribution < -0.4 is 5.32 Å². The molecule has 0 spiro atoms. The standard InChI is InChI=1S/C16H20N2O3/c1-2-3-8-15(19)18-14(16(20)21)9-11-10-17-13-7-5-4-6-12(11)13/h4-7,10,14,17H,2-3,8-9H2,1H3,(H,18,19)(H,20,21)/t14-/m1/s1. The molecule has 0 aliphatic carbocycles. The minimum atomic E-state index is -1.01. The summed E-state index contributed by atoms with van der Waals surface area (Å²) in [6, 6.07) is 6.82. The zero-order valence-electron chi connectivity index (χ0n) is 12.1. The predicted molar refractivity (Wildman–Crippen MR) is 81.1 cm³/mol. The maximum atomic E-state index is 11.7. The smallest absolute Gasteiger partial charge is 0.326 e. The van der Waals surface area contributed by atoms with Crippen LogP contribution >= 0.6 is 0 Å². The second-order valence-corrected chi connectivity index (χ2v) is 5.13. The highest BCUT2D eigenvalue weighted by Gasteiger charge is 2.21. The van der Waals surface area contributed by atoms with E-state index >= 15 is 0 Å². The van der Waals surface area contributed by atoms with Gasteiger partial charge in [0, 0.05) is 29.9 Å². The van der Waals surface area contributed by atoms with Crippen molar-refractivity contribution in [1.29, 1.82) is 0 Å². The minimum Gasteiger partial charge on any atom is -0.480 e. The molecular weight excluding hydrogens is 268 g/mol. The van der Waals surface area contributed by atoms with Gasteiger partial charge in [-0.3, -0.25) is 4.79 Å². The van der Waals surface area contributed by atoms with E-state index in [0.717, 1.165) is 29.3 Å². The lowest BCUT2D eigenvalue weighted by atomic mass is 10.0. The van der Waals surface area contributed by atoms with Crippen LogP contribution in [0.15, 0.2) is 30.5 Å².